The van der Waals surface area contributed by atoms with Crippen LogP contribution in [0, 0.1) is 10.1 Å². The van der Waals surface area contributed by atoms with Crippen LogP contribution >= 0.6 is 0 Å². The van der Waals surface area contributed by atoms with E-state index in [4.69, 9.17) is 20.3 Å². The van der Waals surface area contributed by atoms with Crippen LogP contribution in [0.15, 0.2) is 60.7 Å². The summed E-state index contributed by atoms with van der Waals surface area (Å²) in [7, 11) is 0. The average molecular weight is 356 g/mol. The van der Waals surface area contributed by atoms with Gasteiger partial charge in [0, 0.05) is 0 Å². The first kappa shape index (κ1) is 19.4. The van der Waals surface area contributed by atoms with Gasteiger partial charge >= 0.3 is 44.3 Å². The van der Waals surface area contributed by atoms with Crippen molar-refractivity contribution in [1.82, 2.24) is 0 Å². The van der Waals surface area contributed by atoms with Crippen molar-refractivity contribution in [3.63, 3.8) is 0 Å². The Morgan fingerprint density at radius 2 is 1.05 bits per heavy atom. The summed E-state index contributed by atoms with van der Waals surface area (Å²) < 4.78 is -0.375. The molecule has 2 aromatic carbocycles. The van der Waals surface area contributed by atoms with E-state index in [2.05, 4.69) is 0 Å². The van der Waals surface area contributed by atoms with Gasteiger partial charge in [-0.05, 0) is 24.3 Å². The third-order valence-electron chi connectivity index (χ3n) is 2.04. The molecule has 0 aliphatic rings. The Bertz CT molecular complexity index is 550. The van der Waals surface area contributed by atoms with E-state index in [0.717, 1.165) is 0 Å². The molecule has 0 fully saturated rings. The molecule has 22 heavy (non-hydrogen) atoms. The fourth-order valence-corrected chi connectivity index (χ4v) is 1.16. The number of carboxylic acids is 2. The summed E-state index contributed by atoms with van der Waals surface area (Å²) in [5, 5.41) is 25.6. The molecule has 0 bridgehead atoms. The molecule has 0 amide bonds. The van der Waals surface area contributed by atoms with Gasteiger partial charge in [-0.1, -0.05) is 36.4 Å². The first-order valence-electron chi connectivity index (χ1n) is 5.86. The summed E-state index contributed by atoms with van der Waals surface area (Å²) >= 11 is 0.153. The van der Waals surface area contributed by atoms with E-state index in [9.17, 15) is 9.59 Å². The van der Waals surface area contributed by atoms with Gasteiger partial charge < -0.3 is 10.2 Å². The molecule has 0 saturated carbocycles. The van der Waals surface area contributed by atoms with E-state index in [1.54, 1.807) is 60.7 Å². The van der Waals surface area contributed by atoms with Gasteiger partial charge in [0.25, 0.3) is 0 Å². The number of aromatic carboxylic acids is 2. The molecule has 2 rings (SSSR count). The first-order chi connectivity index (χ1) is 10.3. The molecule has 2 N–H and O–H groups in total. The Morgan fingerprint density at radius 3 is 1.18 bits per heavy atom. The van der Waals surface area contributed by atoms with E-state index < -0.39 is 11.9 Å². The third-order valence-corrected chi connectivity index (χ3v) is 2.04. The maximum absolute atomic E-state index is 10.2. The Balaban J connectivity index is 0.000000326. The number of hydrogen-bond acceptors (Lipinski definition) is 4. The van der Waals surface area contributed by atoms with Crippen molar-refractivity contribution in [2.75, 3.05) is 0 Å². The zero-order valence-electron chi connectivity index (χ0n) is 11.5. The summed E-state index contributed by atoms with van der Waals surface area (Å²) in [5.41, 5.74) is 0.662. The minimum absolute atomic E-state index is 0.153. The second kappa shape index (κ2) is 11.1. The van der Waals surface area contributed by atoms with Crippen LogP contribution in [0.5, 0.6) is 0 Å². The van der Waals surface area contributed by atoms with E-state index in [1.807, 2.05) is 0 Å². The van der Waals surface area contributed by atoms with Crippen molar-refractivity contribution in [3.05, 3.63) is 81.9 Å². The van der Waals surface area contributed by atoms with E-state index >= 15 is 0 Å². The van der Waals surface area contributed by atoms with Crippen LogP contribution in [0.3, 0.4) is 0 Å². The molecule has 0 aliphatic carbocycles. The fourth-order valence-electron chi connectivity index (χ4n) is 1.16. The van der Waals surface area contributed by atoms with Gasteiger partial charge in [0.2, 0.25) is 0 Å². The average Bonchev–Trinajstić information content (AvgIpc) is 2.49. The van der Waals surface area contributed by atoms with Gasteiger partial charge in [-0.3, -0.25) is 0 Å². The number of carbonyl (C=O) groups is 2. The first-order valence-corrected chi connectivity index (χ1v) is 7.19. The molecular formula is C14H12NO6Zn. The van der Waals surface area contributed by atoms with Gasteiger partial charge in [-0.25, -0.2) is 9.59 Å². The molecular weight excluding hydrogens is 344 g/mol. The summed E-state index contributed by atoms with van der Waals surface area (Å²) in [6.07, 6.45) is 0. The van der Waals surface area contributed by atoms with Crippen LogP contribution in [0.2, 0.25) is 0 Å². The quantitative estimate of drug-likeness (QED) is 0.485. The third kappa shape index (κ3) is 10.2. The number of nitrogens with zero attached hydrogens (tertiary/aromatic N) is 1. The maximum atomic E-state index is 10.2. The molecule has 0 radical (unpaired) electrons. The fraction of sp³-hybridized carbons (Fsp3) is 0. The monoisotopic (exact) mass is 354 g/mol. The number of rotatable bonds is 2. The molecule has 0 unspecified atom stereocenters. The van der Waals surface area contributed by atoms with Crippen LogP contribution in [0.4, 0.5) is 0 Å². The van der Waals surface area contributed by atoms with Crippen molar-refractivity contribution in [1.29, 1.82) is 0 Å². The standard InChI is InChI=1S/2C7H6O2.NO2.Zn/c2*8-7(9)6-4-2-1-3-5-6;2-1-3;/h2*1-5H,(H,8,9);;. The van der Waals surface area contributed by atoms with Gasteiger partial charge in [-0.2, -0.15) is 0 Å². The molecule has 7 nitrogen and oxygen atoms in total. The summed E-state index contributed by atoms with van der Waals surface area (Å²) in [6.45, 7) is 0. The van der Waals surface area contributed by atoms with Crippen molar-refractivity contribution < 1.29 is 42.0 Å². The van der Waals surface area contributed by atoms with Crippen LogP contribution < -0.4 is 0 Å². The van der Waals surface area contributed by atoms with Crippen LogP contribution in [-0.2, 0) is 18.5 Å². The zero-order valence-corrected chi connectivity index (χ0v) is 14.4. The van der Waals surface area contributed by atoms with Crippen LogP contribution in [0.1, 0.15) is 20.7 Å². The summed E-state index contributed by atoms with van der Waals surface area (Å²) in [6, 6.07) is 16.6. The SMILES string of the molecule is O=C(O)c1ccccc1.O=C(O)c1ccccc1.O=[N+]([O-])[Zn]. The Kier molecular flexibility index (Phi) is 9.79. The van der Waals surface area contributed by atoms with Crippen molar-refractivity contribution in [3.8, 4) is 0 Å². The van der Waals surface area contributed by atoms with Crippen LogP contribution in [0.25, 0.3) is 0 Å². The predicted molar refractivity (Wildman–Crippen MR) is 73.8 cm³/mol. The molecule has 8 heteroatoms. The number of carboxylic acid groups (broad SMARTS) is 2. The Hall–Kier alpha value is -2.60. The van der Waals surface area contributed by atoms with Crippen LogP contribution in [-0.4, -0.2) is 25.8 Å². The summed E-state index contributed by atoms with van der Waals surface area (Å²) in [4.78, 5) is 29.3. The second-order valence-electron chi connectivity index (χ2n) is 3.68. The normalized spacial score (nSPS) is 8.45. The second-order valence-corrected chi connectivity index (χ2v) is 4.76. The minimum atomic E-state index is -0.879. The molecule has 0 aromatic heterocycles. The number of benzene rings is 2. The van der Waals surface area contributed by atoms with Crippen molar-refractivity contribution >= 4 is 11.9 Å². The van der Waals surface area contributed by atoms with Gasteiger partial charge in [0.15, 0.2) is 0 Å². The molecule has 0 spiro atoms. The van der Waals surface area contributed by atoms with Crippen molar-refractivity contribution in [2.45, 2.75) is 0 Å². The topological polar surface area (TPSA) is 118 Å². The molecule has 0 heterocycles. The van der Waals surface area contributed by atoms with Gasteiger partial charge in [0.05, 0.1) is 11.1 Å². The molecule has 111 valence electrons. The molecule has 0 saturated heterocycles. The summed E-state index contributed by atoms with van der Waals surface area (Å²) in [5.74, 6) is -1.76. The zero-order chi connectivity index (χ0) is 17.0. The van der Waals surface area contributed by atoms with E-state index in [1.165, 1.54) is 0 Å². The number of nitro groups is 1. The Morgan fingerprint density at radius 1 is 0.818 bits per heavy atom. The molecule has 0 aliphatic heterocycles. The van der Waals surface area contributed by atoms with Gasteiger partial charge in [0.1, 0.15) is 0 Å². The Labute approximate surface area is 136 Å². The van der Waals surface area contributed by atoms with E-state index in [-0.39, 0.29) is 22.2 Å². The van der Waals surface area contributed by atoms with Crippen molar-refractivity contribution in [2.24, 2.45) is 0 Å². The van der Waals surface area contributed by atoms with E-state index in [0.29, 0.717) is 11.1 Å². The molecule has 2 aromatic rings. The predicted octanol–water partition coefficient (Wildman–Crippen LogP) is 2.49. The molecule has 0 atom stereocenters. The van der Waals surface area contributed by atoms with Gasteiger partial charge in [-0.15, -0.1) is 0 Å². The number of hydrogen-bond donors (Lipinski definition) is 2.